The van der Waals surface area contributed by atoms with E-state index in [1.165, 1.54) is 11.6 Å². The highest BCUT2D eigenvalue weighted by Gasteiger charge is 2.29. The molecule has 5 heteroatoms. The van der Waals surface area contributed by atoms with Crippen molar-refractivity contribution >= 4 is 28.3 Å². The Morgan fingerprint density at radius 2 is 2.17 bits per heavy atom. The van der Waals surface area contributed by atoms with Crippen LogP contribution in [0.5, 0.6) is 0 Å². The van der Waals surface area contributed by atoms with Gasteiger partial charge in [0.1, 0.15) is 16.8 Å². The van der Waals surface area contributed by atoms with Crippen LogP contribution in [0.4, 0.5) is 4.39 Å². The van der Waals surface area contributed by atoms with Gasteiger partial charge in [-0.25, -0.2) is 9.37 Å². The molecule has 1 aliphatic heterocycles. The molecule has 116 valence electrons. The van der Waals surface area contributed by atoms with E-state index in [9.17, 15) is 4.39 Å². The third-order valence-electron chi connectivity index (χ3n) is 4.24. The molecule has 0 saturated carbocycles. The molecule has 2 heterocycles. The normalized spacial score (nSPS) is 22.6. The fourth-order valence-electron chi connectivity index (χ4n) is 2.97. The number of hydrogen-bond acceptors (Lipinski definition) is 3. The number of allylic oxidation sites excluding steroid dienone is 2. The average Bonchev–Trinajstić information content (AvgIpc) is 2.96. The average molecular weight is 328 g/mol. The van der Waals surface area contributed by atoms with Crippen LogP contribution < -0.4 is 5.32 Å². The molecule has 0 saturated heterocycles. The number of benzene rings is 1. The van der Waals surface area contributed by atoms with Crippen LogP contribution >= 0.6 is 11.6 Å². The lowest BCUT2D eigenvalue weighted by Crippen LogP contribution is -2.33. The number of pyridine rings is 1. The van der Waals surface area contributed by atoms with Crippen LogP contribution in [-0.2, 0) is 6.42 Å². The first-order valence-electron chi connectivity index (χ1n) is 7.63. The first-order chi connectivity index (χ1) is 11.1. The van der Waals surface area contributed by atoms with E-state index in [4.69, 9.17) is 11.6 Å². The van der Waals surface area contributed by atoms with Crippen molar-refractivity contribution in [1.29, 1.82) is 0 Å². The zero-order chi connectivity index (χ0) is 16.0. The molecular formula is C18H15ClFN3. The van der Waals surface area contributed by atoms with E-state index in [2.05, 4.69) is 34.3 Å². The van der Waals surface area contributed by atoms with Crippen molar-refractivity contribution in [1.82, 2.24) is 10.3 Å². The fraction of sp³-hybridized carbons (Fsp3) is 0.222. The zero-order valence-electron chi connectivity index (χ0n) is 12.6. The molecule has 1 aromatic carbocycles. The van der Waals surface area contributed by atoms with Crippen molar-refractivity contribution in [2.75, 3.05) is 0 Å². The number of aromatic nitrogens is 1. The Balaban J connectivity index is 1.77. The van der Waals surface area contributed by atoms with Gasteiger partial charge in [-0.1, -0.05) is 30.7 Å². The molecule has 2 aromatic rings. The number of fused-ring (bicyclic) bond motifs is 2. The number of rotatable bonds is 2. The van der Waals surface area contributed by atoms with Gasteiger partial charge in [-0.15, -0.1) is 0 Å². The summed E-state index contributed by atoms with van der Waals surface area (Å²) in [6.07, 6.45) is 5.71. The van der Waals surface area contributed by atoms with Crippen LogP contribution in [0.15, 0.2) is 53.3 Å². The Morgan fingerprint density at radius 3 is 3.00 bits per heavy atom. The van der Waals surface area contributed by atoms with E-state index in [1.54, 1.807) is 12.2 Å². The fourth-order valence-corrected chi connectivity index (χ4v) is 3.20. The number of aryl methyl sites for hydroxylation is 1. The van der Waals surface area contributed by atoms with Crippen molar-refractivity contribution in [3.05, 3.63) is 64.6 Å². The molecule has 2 unspecified atom stereocenters. The molecule has 2 atom stereocenters. The number of halogens is 2. The smallest absolute Gasteiger partial charge is 0.140 e. The lowest BCUT2D eigenvalue weighted by molar-refractivity contribution is 0.609. The molecule has 23 heavy (non-hydrogen) atoms. The molecule has 4 rings (SSSR count). The minimum atomic E-state index is -0.245. The summed E-state index contributed by atoms with van der Waals surface area (Å²) in [7, 11) is 0. The number of nitrogens with zero attached hydrogens (tertiary/aromatic N) is 2. The van der Waals surface area contributed by atoms with Crippen LogP contribution in [0.3, 0.4) is 0 Å². The summed E-state index contributed by atoms with van der Waals surface area (Å²) < 4.78 is 13.4. The summed E-state index contributed by atoms with van der Waals surface area (Å²) in [6.45, 7) is 2.12. The van der Waals surface area contributed by atoms with Gasteiger partial charge in [-0.2, -0.15) is 0 Å². The SMILES string of the molecule is CCc1ccc2nc(Cl)c(C3=NC4C=CC(F)=CC4N3)cc2c1. The second-order valence-corrected chi connectivity index (χ2v) is 6.11. The monoisotopic (exact) mass is 327 g/mol. The van der Waals surface area contributed by atoms with E-state index in [0.29, 0.717) is 11.0 Å². The molecule has 3 nitrogen and oxygen atoms in total. The van der Waals surface area contributed by atoms with Gasteiger partial charge in [-0.3, -0.25) is 4.99 Å². The number of aliphatic imine (C=N–C) groups is 1. The Morgan fingerprint density at radius 1 is 1.30 bits per heavy atom. The summed E-state index contributed by atoms with van der Waals surface area (Å²) >= 11 is 6.34. The molecule has 1 N–H and O–H groups in total. The molecule has 0 radical (unpaired) electrons. The predicted octanol–water partition coefficient (Wildman–Crippen LogP) is 3.96. The topological polar surface area (TPSA) is 37.3 Å². The largest absolute Gasteiger partial charge is 0.361 e. The standard InChI is InChI=1S/C18H15ClFN3/c1-2-10-3-5-14-11(7-10)8-13(17(19)21-14)18-22-15-6-4-12(20)9-16(15)23-18/h3-9,15-16H,2H2,1H3,(H,22,23). The highest BCUT2D eigenvalue weighted by Crippen LogP contribution is 2.26. The zero-order valence-corrected chi connectivity index (χ0v) is 13.3. The quantitative estimate of drug-likeness (QED) is 0.848. The van der Waals surface area contributed by atoms with Crippen molar-refractivity contribution < 1.29 is 4.39 Å². The summed E-state index contributed by atoms with van der Waals surface area (Å²) in [5, 5.41) is 4.66. The molecule has 2 aliphatic rings. The summed E-state index contributed by atoms with van der Waals surface area (Å²) in [5.74, 6) is 0.419. The van der Waals surface area contributed by atoms with E-state index in [1.807, 2.05) is 12.1 Å². The Kier molecular flexibility index (Phi) is 3.42. The lowest BCUT2D eigenvalue weighted by Gasteiger charge is -2.15. The second-order valence-electron chi connectivity index (χ2n) is 5.76. The first kappa shape index (κ1) is 14.4. The molecular weight excluding hydrogens is 313 g/mol. The molecule has 0 fully saturated rings. The maximum absolute atomic E-state index is 13.4. The minimum absolute atomic E-state index is 0.0989. The van der Waals surface area contributed by atoms with Crippen molar-refractivity contribution in [2.24, 2.45) is 4.99 Å². The highest BCUT2D eigenvalue weighted by molar-refractivity contribution is 6.33. The van der Waals surface area contributed by atoms with E-state index in [-0.39, 0.29) is 17.9 Å². The van der Waals surface area contributed by atoms with Crippen molar-refractivity contribution in [3.8, 4) is 0 Å². The first-order valence-corrected chi connectivity index (χ1v) is 8.01. The molecule has 1 aliphatic carbocycles. The third kappa shape index (κ3) is 2.53. The number of hydrogen-bond donors (Lipinski definition) is 1. The van der Waals surface area contributed by atoms with Gasteiger partial charge < -0.3 is 5.32 Å². The van der Waals surface area contributed by atoms with Gasteiger partial charge in [0.25, 0.3) is 0 Å². The molecule has 1 aromatic heterocycles. The van der Waals surface area contributed by atoms with E-state index in [0.717, 1.165) is 22.9 Å². The van der Waals surface area contributed by atoms with Crippen LogP contribution in [-0.4, -0.2) is 22.9 Å². The minimum Gasteiger partial charge on any atom is -0.361 e. The van der Waals surface area contributed by atoms with Crippen LogP contribution in [0.2, 0.25) is 5.15 Å². The molecule has 0 amide bonds. The van der Waals surface area contributed by atoms with Crippen LogP contribution in [0, 0.1) is 0 Å². The van der Waals surface area contributed by atoms with Gasteiger partial charge in [-0.05, 0) is 42.3 Å². The number of nitrogens with one attached hydrogen (secondary N) is 1. The van der Waals surface area contributed by atoms with E-state index < -0.39 is 0 Å². The van der Waals surface area contributed by atoms with Crippen LogP contribution in [0.1, 0.15) is 18.1 Å². The van der Waals surface area contributed by atoms with Crippen molar-refractivity contribution in [2.45, 2.75) is 25.4 Å². The predicted molar refractivity (Wildman–Crippen MR) is 91.7 cm³/mol. The Labute approximate surface area is 138 Å². The maximum atomic E-state index is 13.4. The molecule has 0 spiro atoms. The summed E-state index contributed by atoms with van der Waals surface area (Å²) in [5.41, 5.74) is 2.86. The highest BCUT2D eigenvalue weighted by atomic mass is 35.5. The summed E-state index contributed by atoms with van der Waals surface area (Å²) in [6, 6.07) is 7.89. The van der Waals surface area contributed by atoms with Crippen LogP contribution in [0.25, 0.3) is 10.9 Å². The number of amidine groups is 1. The second kappa shape index (κ2) is 5.46. The van der Waals surface area contributed by atoms with Gasteiger partial charge >= 0.3 is 0 Å². The molecule has 0 bridgehead atoms. The van der Waals surface area contributed by atoms with Gasteiger partial charge in [0.15, 0.2) is 0 Å². The van der Waals surface area contributed by atoms with E-state index >= 15 is 0 Å². The Hall–Kier alpha value is -2.20. The Bertz CT molecular complexity index is 885. The third-order valence-corrected chi connectivity index (χ3v) is 4.53. The summed E-state index contributed by atoms with van der Waals surface area (Å²) in [4.78, 5) is 9.07. The van der Waals surface area contributed by atoms with Crippen molar-refractivity contribution in [3.63, 3.8) is 0 Å². The van der Waals surface area contributed by atoms with Gasteiger partial charge in [0, 0.05) is 5.39 Å². The van der Waals surface area contributed by atoms with Gasteiger partial charge in [0.05, 0.1) is 23.2 Å². The van der Waals surface area contributed by atoms with Gasteiger partial charge in [0.2, 0.25) is 0 Å². The maximum Gasteiger partial charge on any atom is 0.140 e. The lowest BCUT2D eigenvalue weighted by atomic mass is 10.0.